The SMILES string of the molecule is O=[N+]([O-])c1ccc(Cl)cc1OCCOCCCl. The Bertz CT molecular complexity index is 387. The van der Waals surface area contributed by atoms with Crippen LogP contribution in [0.1, 0.15) is 0 Å². The number of ether oxygens (including phenoxy) is 2. The molecule has 0 amide bonds. The number of alkyl halides is 1. The fraction of sp³-hybridized carbons (Fsp3) is 0.400. The van der Waals surface area contributed by atoms with Crippen LogP contribution in [0.3, 0.4) is 0 Å². The molecule has 0 unspecified atom stereocenters. The van der Waals surface area contributed by atoms with E-state index in [1.165, 1.54) is 18.2 Å². The molecule has 17 heavy (non-hydrogen) atoms. The Morgan fingerprint density at radius 3 is 2.71 bits per heavy atom. The first-order valence-electron chi connectivity index (χ1n) is 4.85. The van der Waals surface area contributed by atoms with Gasteiger partial charge in [0.25, 0.3) is 0 Å². The summed E-state index contributed by atoms with van der Waals surface area (Å²) in [6.07, 6.45) is 0. The smallest absolute Gasteiger partial charge is 0.311 e. The van der Waals surface area contributed by atoms with E-state index in [9.17, 15) is 10.1 Å². The second-order valence-corrected chi connectivity index (χ2v) is 3.83. The summed E-state index contributed by atoms with van der Waals surface area (Å²) in [5, 5.41) is 11.1. The summed E-state index contributed by atoms with van der Waals surface area (Å²) in [7, 11) is 0. The van der Waals surface area contributed by atoms with Crippen molar-refractivity contribution in [3.8, 4) is 5.75 Å². The molecule has 7 heteroatoms. The highest BCUT2D eigenvalue weighted by atomic mass is 35.5. The Morgan fingerprint density at radius 2 is 2.06 bits per heavy atom. The fourth-order valence-electron chi connectivity index (χ4n) is 1.12. The van der Waals surface area contributed by atoms with E-state index in [4.69, 9.17) is 32.7 Å². The molecule has 0 fully saturated rings. The molecule has 0 aliphatic heterocycles. The van der Waals surface area contributed by atoms with Crippen LogP contribution in [0.15, 0.2) is 18.2 Å². The maximum absolute atomic E-state index is 10.7. The minimum absolute atomic E-state index is 0.119. The molecule has 0 N–H and O–H groups in total. The molecule has 0 aliphatic rings. The van der Waals surface area contributed by atoms with Crippen LogP contribution in [0.4, 0.5) is 5.69 Å². The van der Waals surface area contributed by atoms with Gasteiger partial charge in [0.1, 0.15) is 6.61 Å². The van der Waals surface area contributed by atoms with E-state index in [-0.39, 0.29) is 18.0 Å². The van der Waals surface area contributed by atoms with Crippen molar-refractivity contribution in [3.63, 3.8) is 0 Å². The molecule has 0 aromatic heterocycles. The topological polar surface area (TPSA) is 61.6 Å². The molecule has 0 aliphatic carbocycles. The molecule has 0 spiro atoms. The van der Waals surface area contributed by atoms with Gasteiger partial charge in [-0.1, -0.05) is 11.6 Å². The minimum atomic E-state index is -0.523. The van der Waals surface area contributed by atoms with Crippen molar-refractivity contribution in [1.29, 1.82) is 0 Å². The van der Waals surface area contributed by atoms with E-state index in [0.29, 0.717) is 24.1 Å². The molecule has 0 saturated carbocycles. The van der Waals surface area contributed by atoms with Gasteiger partial charge in [0.15, 0.2) is 5.75 Å². The normalized spacial score (nSPS) is 10.2. The highest BCUT2D eigenvalue weighted by Crippen LogP contribution is 2.29. The van der Waals surface area contributed by atoms with Gasteiger partial charge >= 0.3 is 5.69 Å². The number of halogens is 2. The van der Waals surface area contributed by atoms with Crippen LogP contribution in [0, 0.1) is 10.1 Å². The van der Waals surface area contributed by atoms with Crippen LogP contribution in [-0.2, 0) is 4.74 Å². The van der Waals surface area contributed by atoms with Crippen molar-refractivity contribution in [2.75, 3.05) is 25.7 Å². The van der Waals surface area contributed by atoms with Crippen molar-refractivity contribution in [2.45, 2.75) is 0 Å². The number of hydrogen-bond acceptors (Lipinski definition) is 4. The Labute approximate surface area is 108 Å². The van der Waals surface area contributed by atoms with Crippen molar-refractivity contribution >= 4 is 28.9 Å². The molecule has 94 valence electrons. The van der Waals surface area contributed by atoms with Crippen molar-refractivity contribution in [2.24, 2.45) is 0 Å². The number of nitro benzene ring substituents is 1. The molecule has 1 aromatic carbocycles. The monoisotopic (exact) mass is 279 g/mol. The third-order valence-electron chi connectivity index (χ3n) is 1.83. The van der Waals surface area contributed by atoms with Crippen molar-refractivity contribution < 1.29 is 14.4 Å². The summed E-state index contributed by atoms with van der Waals surface area (Å²) in [4.78, 5) is 10.2. The van der Waals surface area contributed by atoms with Crippen LogP contribution >= 0.6 is 23.2 Å². The third kappa shape index (κ3) is 4.77. The molecular weight excluding hydrogens is 269 g/mol. The molecule has 0 bridgehead atoms. The largest absolute Gasteiger partial charge is 0.484 e. The Balaban J connectivity index is 2.56. The average Bonchev–Trinajstić information content (AvgIpc) is 2.28. The highest BCUT2D eigenvalue weighted by molar-refractivity contribution is 6.30. The summed E-state index contributed by atoms with van der Waals surface area (Å²) < 4.78 is 10.3. The van der Waals surface area contributed by atoms with Crippen LogP contribution in [0.5, 0.6) is 5.75 Å². The van der Waals surface area contributed by atoms with Crippen molar-refractivity contribution in [3.05, 3.63) is 33.3 Å². The van der Waals surface area contributed by atoms with Gasteiger partial charge in [-0.05, 0) is 6.07 Å². The number of rotatable bonds is 7. The standard InChI is InChI=1S/C10H11Cl2NO4/c11-3-4-16-5-6-17-10-7-8(12)1-2-9(10)13(14)15/h1-2,7H,3-6H2. The number of nitro groups is 1. The van der Waals surface area contributed by atoms with Crippen LogP contribution in [0.2, 0.25) is 5.02 Å². The lowest BCUT2D eigenvalue weighted by atomic mass is 10.3. The van der Waals surface area contributed by atoms with Crippen LogP contribution < -0.4 is 4.74 Å². The zero-order valence-corrected chi connectivity index (χ0v) is 10.4. The van der Waals surface area contributed by atoms with Gasteiger partial charge in [-0.3, -0.25) is 10.1 Å². The number of nitrogens with zero attached hydrogens (tertiary/aromatic N) is 1. The maximum atomic E-state index is 10.7. The van der Waals surface area contributed by atoms with Gasteiger partial charge in [-0.25, -0.2) is 0 Å². The highest BCUT2D eigenvalue weighted by Gasteiger charge is 2.14. The van der Waals surface area contributed by atoms with E-state index in [1.54, 1.807) is 0 Å². The molecule has 0 heterocycles. The summed E-state index contributed by atoms with van der Waals surface area (Å²) in [6, 6.07) is 4.15. The average molecular weight is 280 g/mol. The molecule has 1 rings (SSSR count). The first-order chi connectivity index (χ1) is 8.15. The lowest BCUT2D eigenvalue weighted by Crippen LogP contribution is -2.09. The quantitative estimate of drug-likeness (QED) is 0.333. The van der Waals surface area contributed by atoms with Crippen LogP contribution in [0.25, 0.3) is 0 Å². The molecule has 1 aromatic rings. The first kappa shape index (κ1) is 14.0. The van der Waals surface area contributed by atoms with Crippen molar-refractivity contribution in [1.82, 2.24) is 0 Å². The summed E-state index contributed by atoms with van der Waals surface area (Å²) in [5.41, 5.74) is -0.119. The van der Waals surface area contributed by atoms with E-state index in [1.807, 2.05) is 0 Å². The molecule has 0 radical (unpaired) electrons. The van der Waals surface area contributed by atoms with Gasteiger partial charge in [-0.2, -0.15) is 0 Å². The van der Waals surface area contributed by atoms with E-state index >= 15 is 0 Å². The maximum Gasteiger partial charge on any atom is 0.311 e. The third-order valence-corrected chi connectivity index (χ3v) is 2.21. The second kappa shape index (κ2) is 7.32. The lowest BCUT2D eigenvalue weighted by molar-refractivity contribution is -0.385. The van der Waals surface area contributed by atoms with E-state index in [0.717, 1.165) is 0 Å². The van der Waals surface area contributed by atoms with Crippen LogP contribution in [-0.4, -0.2) is 30.6 Å². The Hall–Kier alpha value is -1.04. The number of hydrogen-bond donors (Lipinski definition) is 0. The Kier molecular flexibility index (Phi) is 6.04. The summed E-state index contributed by atoms with van der Waals surface area (Å²) in [5.74, 6) is 0.536. The predicted octanol–water partition coefficient (Wildman–Crippen LogP) is 2.88. The molecule has 0 saturated heterocycles. The summed E-state index contributed by atoms with van der Waals surface area (Å²) >= 11 is 11.1. The predicted molar refractivity (Wildman–Crippen MR) is 65.1 cm³/mol. The van der Waals surface area contributed by atoms with Gasteiger partial charge < -0.3 is 9.47 Å². The second-order valence-electron chi connectivity index (χ2n) is 3.02. The minimum Gasteiger partial charge on any atom is -0.484 e. The van der Waals surface area contributed by atoms with Gasteiger partial charge in [0, 0.05) is 23.0 Å². The van der Waals surface area contributed by atoms with E-state index < -0.39 is 4.92 Å². The zero-order chi connectivity index (χ0) is 12.7. The Morgan fingerprint density at radius 1 is 1.29 bits per heavy atom. The zero-order valence-electron chi connectivity index (χ0n) is 8.90. The fourth-order valence-corrected chi connectivity index (χ4v) is 1.39. The molecular formula is C10H11Cl2NO4. The van der Waals surface area contributed by atoms with E-state index in [2.05, 4.69) is 0 Å². The summed E-state index contributed by atoms with van der Waals surface area (Å²) in [6.45, 7) is 0.941. The molecule has 0 atom stereocenters. The van der Waals surface area contributed by atoms with Gasteiger partial charge in [-0.15, -0.1) is 11.6 Å². The number of benzene rings is 1. The lowest BCUT2D eigenvalue weighted by Gasteiger charge is -2.07. The van der Waals surface area contributed by atoms with Gasteiger partial charge in [0.05, 0.1) is 18.1 Å². The van der Waals surface area contributed by atoms with Gasteiger partial charge in [0.2, 0.25) is 0 Å². The molecule has 5 nitrogen and oxygen atoms in total. The first-order valence-corrected chi connectivity index (χ1v) is 5.77.